The van der Waals surface area contributed by atoms with Crippen LogP contribution < -0.4 is 10.1 Å². The van der Waals surface area contributed by atoms with Crippen molar-refractivity contribution in [1.29, 1.82) is 0 Å². The van der Waals surface area contributed by atoms with Gasteiger partial charge >= 0.3 is 0 Å². The molecule has 4 nitrogen and oxygen atoms in total. The Bertz CT molecular complexity index is 517. The van der Waals surface area contributed by atoms with Gasteiger partial charge in [-0.15, -0.1) is 0 Å². The lowest BCUT2D eigenvalue weighted by Gasteiger charge is -2.16. The Morgan fingerprint density at radius 2 is 1.95 bits per heavy atom. The summed E-state index contributed by atoms with van der Waals surface area (Å²) in [5.74, 6) is 0.629. The Morgan fingerprint density at radius 3 is 2.65 bits per heavy atom. The SMILES string of the molecule is COc1cccc(CCNC(CO)c2ccccc2)n1. The summed E-state index contributed by atoms with van der Waals surface area (Å²) in [5.41, 5.74) is 2.07. The van der Waals surface area contributed by atoms with E-state index in [0.29, 0.717) is 5.88 Å². The Labute approximate surface area is 119 Å². The van der Waals surface area contributed by atoms with E-state index >= 15 is 0 Å². The summed E-state index contributed by atoms with van der Waals surface area (Å²) < 4.78 is 5.10. The van der Waals surface area contributed by atoms with Crippen LogP contribution in [-0.2, 0) is 6.42 Å². The van der Waals surface area contributed by atoms with Crippen LogP contribution in [0, 0.1) is 0 Å². The van der Waals surface area contributed by atoms with Crippen molar-refractivity contribution < 1.29 is 9.84 Å². The average Bonchev–Trinajstić information content (AvgIpc) is 2.52. The molecule has 0 bridgehead atoms. The zero-order chi connectivity index (χ0) is 14.2. The minimum Gasteiger partial charge on any atom is -0.481 e. The molecule has 20 heavy (non-hydrogen) atoms. The Hall–Kier alpha value is -1.91. The molecule has 1 aromatic heterocycles. The molecule has 1 heterocycles. The highest BCUT2D eigenvalue weighted by Crippen LogP contribution is 2.12. The molecule has 0 aliphatic carbocycles. The topological polar surface area (TPSA) is 54.4 Å². The largest absolute Gasteiger partial charge is 0.481 e. The molecule has 0 fully saturated rings. The van der Waals surface area contributed by atoms with Crippen LogP contribution in [0.25, 0.3) is 0 Å². The fourth-order valence-corrected chi connectivity index (χ4v) is 2.06. The molecule has 0 saturated heterocycles. The number of benzene rings is 1. The fraction of sp³-hybridized carbons (Fsp3) is 0.312. The zero-order valence-corrected chi connectivity index (χ0v) is 11.6. The second-order valence-electron chi connectivity index (χ2n) is 4.52. The van der Waals surface area contributed by atoms with Crippen molar-refractivity contribution in [3.63, 3.8) is 0 Å². The number of aromatic nitrogens is 1. The third kappa shape index (κ3) is 4.05. The molecule has 1 unspecified atom stereocenters. The van der Waals surface area contributed by atoms with E-state index < -0.39 is 0 Å². The lowest BCUT2D eigenvalue weighted by molar-refractivity contribution is 0.245. The summed E-state index contributed by atoms with van der Waals surface area (Å²) in [7, 11) is 1.61. The van der Waals surface area contributed by atoms with Gasteiger partial charge in [0.15, 0.2) is 0 Å². The molecule has 0 amide bonds. The third-order valence-corrected chi connectivity index (χ3v) is 3.15. The predicted octanol–water partition coefficient (Wildman–Crippen LogP) is 1.96. The molecule has 0 radical (unpaired) electrons. The standard InChI is InChI=1S/C16H20N2O2/c1-20-16-9-5-8-14(18-16)10-11-17-15(12-19)13-6-3-2-4-7-13/h2-9,15,17,19H,10-12H2,1H3. The van der Waals surface area contributed by atoms with Crippen molar-refractivity contribution in [3.05, 3.63) is 59.8 Å². The van der Waals surface area contributed by atoms with Crippen molar-refractivity contribution in [1.82, 2.24) is 10.3 Å². The van der Waals surface area contributed by atoms with E-state index in [1.807, 2.05) is 48.5 Å². The summed E-state index contributed by atoms with van der Waals surface area (Å²) in [6.07, 6.45) is 0.792. The number of pyridine rings is 1. The Balaban J connectivity index is 1.88. The fourth-order valence-electron chi connectivity index (χ4n) is 2.06. The second-order valence-corrected chi connectivity index (χ2v) is 4.52. The lowest BCUT2D eigenvalue weighted by Crippen LogP contribution is -2.26. The average molecular weight is 272 g/mol. The zero-order valence-electron chi connectivity index (χ0n) is 11.6. The van der Waals surface area contributed by atoms with Gasteiger partial charge in [-0.3, -0.25) is 0 Å². The van der Waals surface area contributed by atoms with Crippen LogP contribution in [0.3, 0.4) is 0 Å². The molecule has 1 aromatic carbocycles. The summed E-state index contributed by atoms with van der Waals surface area (Å²) in [6.45, 7) is 0.829. The van der Waals surface area contributed by atoms with Crippen LogP contribution in [0.15, 0.2) is 48.5 Å². The molecule has 0 saturated carbocycles. The number of aliphatic hydroxyl groups is 1. The van der Waals surface area contributed by atoms with Gasteiger partial charge in [0, 0.05) is 24.7 Å². The Morgan fingerprint density at radius 1 is 1.15 bits per heavy atom. The summed E-state index contributed by atoms with van der Waals surface area (Å²) in [5, 5.41) is 12.8. The molecule has 0 aliphatic heterocycles. The predicted molar refractivity (Wildman–Crippen MR) is 78.8 cm³/mol. The summed E-state index contributed by atoms with van der Waals surface area (Å²) >= 11 is 0. The monoisotopic (exact) mass is 272 g/mol. The molecule has 1 atom stereocenters. The second kappa shape index (κ2) is 7.62. The first-order valence-electron chi connectivity index (χ1n) is 6.72. The summed E-state index contributed by atoms with van der Waals surface area (Å²) in [4.78, 5) is 4.36. The molecule has 2 aromatic rings. The molecule has 2 N–H and O–H groups in total. The van der Waals surface area contributed by atoms with E-state index in [9.17, 15) is 5.11 Å². The highest BCUT2D eigenvalue weighted by Gasteiger charge is 2.08. The van der Waals surface area contributed by atoms with Gasteiger partial charge < -0.3 is 15.2 Å². The van der Waals surface area contributed by atoms with Gasteiger partial charge in [-0.2, -0.15) is 0 Å². The van der Waals surface area contributed by atoms with Crippen molar-refractivity contribution in [2.75, 3.05) is 20.3 Å². The van der Waals surface area contributed by atoms with Gasteiger partial charge in [0.1, 0.15) is 0 Å². The van der Waals surface area contributed by atoms with E-state index in [2.05, 4.69) is 10.3 Å². The first kappa shape index (κ1) is 14.5. The maximum atomic E-state index is 9.46. The van der Waals surface area contributed by atoms with Crippen LogP contribution in [-0.4, -0.2) is 30.4 Å². The minimum absolute atomic E-state index is 0.0400. The number of ether oxygens (including phenoxy) is 1. The smallest absolute Gasteiger partial charge is 0.213 e. The van der Waals surface area contributed by atoms with E-state index in [4.69, 9.17) is 4.74 Å². The van der Waals surface area contributed by atoms with Gasteiger partial charge in [0.25, 0.3) is 0 Å². The van der Waals surface area contributed by atoms with Gasteiger partial charge in [-0.05, 0) is 11.6 Å². The number of hydrogen-bond donors (Lipinski definition) is 2. The van der Waals surface area contributed by atoms with Gasteiger partial charge in [0.05, 0.1) is 19.8 Å². The molecule has 2 rings (SSSR count). The van der Waals surface area contributed by atoms with Crippen molar-refractivity contribution >= 4 is 0 Å². The summed E-state index contributed by atoms with van der Waals surface area (Å²) in [6, 6.07) is 15.6. The quantitative estimate of drug-likeness (QED) is 0.809. The highest BCUT2D eigenvalue weighted by molar-refractivity contribution is 5.19. The number of aliphatic hydroxyl groups excluding tert-OH is 1. The maximum Gasteiger partial charge on any atom is 0.213 e. The maximum absolute atomic E-state index is 9.46. The number of nitrogens with one attached hydrogen (secondary N) is 1. The van der Waals surface area contributed by atoms with Crippen LogP contribution in [0.1, 0.15) is 17.3 Å². The van der Waals surface area contributed by atoms with Gasteiger partial charge in [-0.1, -0.05) is 36.4 Å². The number of nitrogens with zero attached hydrogens (tertiary/aromatic N) is 1. The highest BCUT2D eigenvalue weighted by atomic mass is 16.5. The van der Waals surface area contributed by atoms with Crippen molar-refractivity contribution in [2.45, 2.75) is 12.5 Å². The van der Waals surface area contributed by atoms with Crippen molar-refractivity contribution in [2.24, 2.45) is 0 Å². The van der Waals surface area contributed by atoms with E-state index in [0.717, 1.165) is 24.2 Å². The van der Waals surface area contributed by atoms with Crippen LogP contribution in [0.2, 0.25) is 0 Å². The van der Waals surface area contributed by atoms with Gasteiger partial charge in [0.2, 0.25) is 5.88 Å². The first-order chi connectivity index (χ1) is 9.83. The number of hydrogen-bond acceptors (Lipinski definition) is 4. The first-order valence-corrected chi connectivity index (χ1v) is 6.72. The van der Waals surface area contributed by atoms with E-state index in [-0.39, 0.29) is 12.6 Å². The van der Waals surface area contributed by atoms with E-state index in [1.165, 1.54) is 0 Å². The molecule has 0 aliphatic rings. The molecule has 0 spiro atoms. The number of methoxy groups -OCH3 is 1. The third-order valence-electron chi connectivity index (χ3n) is 3.15. The van der Waals surface area contributed by atoms with Crippen molar-refractivity contribution in [3.8, 4) is 5.88 Å². The van der Waals surface area contributed by atoms with Crippen LogP contribution in [0.5, 0.6) is 5.88 Å². The molecule has 106 valence electrons. The van der Waals surface area contributed by atoms with Gasteiger partial charge in [-0.25, -0.2) is 4.98 Å². The normalized spacial score (nSPS) is 12.1. The molecular weight excluding hydrogens is 252 g/mol. The minimum atomic E-state index is -0.0400. The molecular formula is C16H20N2O2. The number of rotatable bonds is 7. The van der Waals surface area contributed by atoms with Crippen LogP contribution in [0.4, 0.5) is 0 Å². The Kier molecular flexibility index (Phi) is 5.53. The lowest BCUT2D eigenvalue weighted by atomic mass is 10.1. The molecule has 4 heteroatoms. The van der Waals surface area contributed by atoms with E-state index in [1.54, 1.807) is 7.11 Å². The van der Waals surface area contributed by atoms with Crippen LogP contribution >= 0.6 is 0 Å².